The Morgan fingerprint density at radius 3 is 2.65 bits per heavy atom. The van der Waals surface area contributed by atoms with E-state index >= 15 is 0 Å². The van der Waals surface area contributed by atoms with Gasteiger partial charge in [-0.25, -0.2) is 9.97 Å². The molecule has 20 heavy (non-hydrogen) atoms. The summed E-state index contributed by atoms with van der Waals surface area (Å²) in [7, 11) is 0. The second kappa shape index (κ2) is 7.72. The summed E-state index contributed by atoms with van der Waals surface area (Å²) < 4.78 is 0. The number of rotatable bonds is 6. The van der Waals surface area contributed by atoms with Crippen LogP contribution in [0.15, 0.2) is 11.2 Å². The van der Waals surface area contributed by atoms with Crippen molar-refractivity contribution in [1.82, 2.24) is 9.97 Å². The first kappa shape index (κ1) is 15.4. The van der Waals surface area contributed by atoms with Crippen molar-refractivity contribution in [2.75, 3.05) is 36.1 Å². The Morgan fingerprint density at radius 1 is 1.30 bits per heavy atom. The van der Waals surface area contributed by atoms with E-state index in [2.05, 4.69) is 40.1 Å². The van der Waals surface area contributed by atoms with Gasteiger partial charge in [0.05, 0.1) is 0 Å². The van der Waals surface area contributed by atoms with Gasteiger partial charge in [0.2, 0.25) is 0 Å². The summed E-state index contributed by atoms with van der Waals surface area (Å²) >= 11 is 1.61. The largest absolute Gasteiger partial charge is 0.370 e. The molecule has 0 aliphatic carbocycles. The van der Waals surface area contributed by atoms with E-state index in [0.29, 0.717) is 0 Å². The molecule has 1 aromatic rings. The Kier molecular flexibility index (Phi) is 5.95. The fourth-order valence-electron chi connectivity index (χ4n) is 2.80. The van der Waals surface area contributed by atoms with Crippen LogP contribution in [0.5, 0.6) is 0 Å². The SMILES string of the molecule is CCCC1CCN(c2cc(NCC)nc(SC)n2)CC1. The Balaban J connectivity index is 2.06. The van der Waals surface area contributed by atoms with E-state index in [-0.39, 0.29) is 0 Å². The van der Waals surface area contributed by atoms with Crippen molar-refractivity contribution in [3.8, 4) is 0 Å². The molecule has 112 valence electrons. The molecule has 1 saturated heterocycles. The summed E-state index contributed by atoms with van der Waals surface area (Å²) in [5.41, 5.74) is 0. The van der Waals surface area contributed by atoms with E-state index in [1.807, 2.05) is 6.26 Å². The third-order valence-electron chi connectivity index (χ3n) is 3.87. The molecule has 0 unspecified atom stereocenters. The number of nitrogens with zero attached hydrogens (tertiary/aromatic N) is 3. The van der Waals surface area contributed by atoms with Gasteiger partial charge < -0.3 is 10.2 Å². The van der Waals surface area contributed by atoms with Crippen molar-refractivity contribution in [2.24, 2.45) is 5.92 Å². The van der Waals surface area contributed by atoms with Crippen LogP contribution >= 0.6 is 11.8 Å². The van der Waals surface area contributed by atoms with Crippen molar-refractivity contribution >= 4 is 23.4 Å². The summed E-state index contributed by atoms with van der Waals surface area (Å²) in [6, 6.07) is 2.09. The predicted octanol–water partition coefficient (Wildman–Crippen LogP) is 3.65. The van der Waals surface area contributed by atoms with Crippen LogP contribution in [0.4, 0.5) is 11.6 Å². The summed E-state index contributed by atoms with van der Waals surface area (Å²) in [4.78, 5) is 11.6. The van der Waals surface area contributed by atoms with Gasteiger partial charge in [0.25, 0.3) is 0 Å². The van der Waals surface area contributed by atoms with E-state index < -0.39 is 0 Å². The van der Waals surface area contributed by atoms with Crippen LogP contribution in [0, 0.1) is 5.92 Å². The van der Waals surface area contributed by atoms with Gasteiger partial charge in [-0.05, 0) is 31.9 Å². The van der Waals surface area contributed by atoms with Gasteiger partial charge in [-0.15, -0.1) is 0 Å². The molecule has 0 bridgehead atoms. The van der Waals surface area contributed by atoms with Crippen LogP contribution in [0.3, 0.4) is 0 Å². The van der Waals surface area contributed by atoms with E-state index in [0.717, 1.165) is 42.3 Å². The first-order valence-electron chi connectivity index (χ1n) is 7.68. The fourth-order valence-corrected chi connectivity index (χ4v) is 3.17. The molecule has 1 aliphatic heterocycles. The molecule has 1 aromatic heterocycles. The topological polar surface area (TPSA) is 41.0 Å². The van der Waals surface area contributed by atoms with Crippen molar-refractivity contribution in [3.05, 3.63) is 6.07 Å². The monoisotopic (exact) mass is 294 g/mol. The van der Waals surface area contributed by atoms with E-state index in [1.54, 1.807) is 11.8 Å². The maximum atomic E-state index is 4.67. The summed E-state index contributed by atoms with van der Waals surface area (Å²) in [5.74, 6) is 2.93. The first-order chi connectivity index (χ1) is 9.76. The average Bonchev–Trinajstić information content (AvgIpc) is 2.48. The fraction of sp³-hybridized carbons (Fsp3) is 0.733. The van der Waals surface area contributed by atoms with Gasteiger partial charge in [0.1, 0.15) is 11.6 Å². The molecule has 0 radical (unpaired) electrons. The molecule has 0 amide bonds. The van der Waals surface area contributed by atoms with Gasteiger partial charge >= 0.3 is 0 Å². The lowest BCUT2D eigenvalue weighted by molar-refractivity contribution is 0.377. The Morgan fingerprint density at radius 2 is 2.05 bits per heavy atom. The molecule has 4 nitrogen and oxygen atoms in total. The van der Waals surface area contributed by atoms with Gasteiger partial charge in [0, 0.05) is 25.7 Å². The van der Waals surface area contributed by atoms with Crippen LogP contribution in [-0.2, 0) is 0 Å². The summed E-state index contributed by atoms with van der Waals surface area (Å²) in [6.45, 7) is 7.52. The van der Waals surface area contributed by atoms with Crippen molar-refractivity contribution in [1.29, 1.82) is 0 Å². The minimum atomic E-state index is 0.856. The zero-order chi connectivity index (χ0) is 14.4. The van der Waals surface area contributed by atoms with E-state index in [1.165, 1.54) is 25.7 Å². The molecule has 0 spiro atoms. The second-order valence-corrected chi connectivity index (χ2v) is 6.12. The molecule has 0 aromatic carbocycles. The normalized spacial score (nSPS) is 16.4. The maximum Gasteiger partial charge on any atom is 0.191 e. The van der Waals surface area contributed by atoms with Crippen LogP contribution in [0.2, 0.25) is 0 Å². The Bertz CT molecular complexity index is 416. The number of hydrogen-bond acceptors (Lipinski definition) is 5. The average molecular weight is 294 g/mol. The molecular formula is C15H26N4S. The Hall–Kier alpha value is -0.970. The van der Waals surface area contributed by atoms with Gasteiger partial charge in [-0.3, -0.25) is 0 Å². The molecule has 2 rings (SSSR count). The highest BCUT2D eigenvalue weighted by molar-refractivity contribution is 7.98. The molecule has 0 atom stereocenters. The number of anilines is 2. The summed E-state index contributed by atoms with van der Waals surface area (Å²) in [5, 5.41) is 4.16. The zero-order valence-corrected chi connectivity index (χ0v) is 13.7. The van der Waals surface area contributed by atoms with Crippen LogP contribution in [0.1, 0.15) is 39.5 Å². The first-order valence-corrected chi connectivity index (χ1v) is 8.91. The molecule has 1 fully saturated rings. The lowest BCUT2D eigenvalue weighted by Gasteiger charge is -2.33. The van der Waals surface area contributed by atoms with Crippen molar-refractivity contribution < 1.29 is 0 Å². The van der Waals surface area contributed by atoms with Crippen LogP contribution in [0.25, 0.3) is 0 Å². The van der Waals surface area contributed by atoms with E-state index in [4.69, 9.17) is 0 Å². The standard InChI is InChI=1S/C15H26N4S/c1-4-6-12-7-9-19(10-8-12)14-11-13(16-5-2)17-15(18-14)20-3/h11-12H,4-10H2,1-3H3,(H,16,17,18). The minimum Gasteiger partial charge on any atom is -0.370 e. The highest BCUT2D eigenvalue weighted by Gasteiger charge is 2.20. The molecular weight excluding hydrogens is 268 g/mol. The van der Waals surface area contributed by atoms with Crippen LogP contribution < -0.4 is 10.2 Å². The number of piperidine rings is 1. The zero-order valence-electron chi connectivity index (χ0n) is 12.9. The van der Waals surface area contributed by atoms with Crippen molar-refractivity contribution in [3.63, 3.8) is 0 Å². The predicted molar refractivity (Wildman–Crippen MR) is 87.8 cm³/mol. The Labute approximate surface area is 126 Å². The van der Waals surface area contributed by atoms with Gasteiger partial charge in [-0.1, -0.05) is 31.5 Å². The molecule has 1 N–H and O–H groups in total. The van der Waals surface area contributed by atoms with Gasteiger partial charge in [-0.2, -0.15) is 0 Å². The number of hydrogen-bond donors (Lipinski definition) is 1. The number of nitrogens with one attached hydrogen (secondary N) is 1. The van der Waals surface area contributed by atoms with E-state index in [9.17, 15) is 0 Å². The summed E-state index contributed by atoms with van der Waals surface area (Å²) in [6.07, 6.45) is 7.30. The maximum absolute atomic E-state index is 4.67. The van der Waals surface area contributed by atoms with Crippen molar-refractivity contribution in [2.45, 2.75) is 44.7 Å². The number of thioether (sulfide) groups is 1. The third-order valence-corrected chi connectivity index (χ3v) is 4.42. The van der Waals surface area contributed by atoms with Crippen LogP contribution in [-0.4, -0.2) is 35.9 Å². The lowest BCUT2D eigenvalue weighted by atomic mass is 9.92. The second-order valence-electron chi connectivity index (χ2n) is 5.35. The quantitative estimate of drug-likeness (QED) is 0.640. The molecule has 1 aliphatic rings. The number of aromatic nitrogens is 2. The highest BCUT2D eigenvalue weighted by Crippen LogP contribution is 2.27. The lowest BCUT2D eigenvalue weighted by Crippen LogP contribution is -2.34. The highest BCUT2D eigenvalue weighted by atomic mass is 32.2. The van der Waals surface area contributed by atoms with Gasteiger partial charge in [0.15, 0.2) is 5.16 Å². The molecule has 5 heteroatoms. The minimum absolute atomic E-state index is 0.856. The smallest absolute Gasteiger partial charge is 0.191 e. The third kappa shape index (κ3) is 4.01. The molecule has 0 saturated carbocycles. The molecule has 2 heterocycles.